The quantitative estimate of drug-likeness (QED) is 0.390. The summed E-state index contributed by atoms with van der Waals surface area (Å²) in [7, 11) is 0. The Morgan fingerprint density at radius 2 is 0.235 bits per heavy atom. The van der Waals surface area contributed by atoms with Crippen LogP contribution in [0, 0.1) is 0 Å². The summed E-state index contributed by atoms with van der Waals surface area (Å²) in [6, 6.07) is 0. The molecule has 0 amide bonds. The van der Waals surface area contributed by atoms with Crippen LogP contribution >= 0.6 is 0 Å². The van der Waals surface area contributed by atoms with E-state index in [0.717, 1.165) is 0 Å². The van der Waals surface area contributed by atoms with E-state index in [1.165, 1.54) is 193 Å². The minimum absolute atomic E-state index is 0.125. The van der Waals surface area contributed by atoms with Crippen LogP contribution in [0.2, 0.25) is 0 Å². The van der Waals surface area contributed by atoms with Gasteiger partial charge in [-0.1, -0.05) is 193 Å². The van der Waals surface area contributed by atoms with E-state index in [0.29, 0.717) is 0 Å². The molecule has 2 nitrogen and oxygen atoms in total. The van der Waals surface area contributed by atoms with Crippen LogP contribution in [0.1, 0.15) is 193 Å². The second kappa shape index (κ2) is 32.9. The molecular weight excluding hydrogens is 416 g/mol. The SMILES string of the molecule is C1CCCCCCCCC1.C1CCCCCCCCC1.C1CCCCCCCCC1.OCCO. The first kappa shape index (κ1) is 33.9. The predicted octanol–water partition coefficient (Wildman–Crippen LogP) is 10.7. The summed E-state index contributed by atoms with van der Waals surface area (Å²) >= 11 is 0. The fourth-order valence-corrected chi connectivity index (χ4v) is 5.30. The van der Waals surface area contributed by atoms with Crippen molar-refractivity contribution < 1.29 is 10.2 Å². The zero-order valence-corrected chi connectivity index (χ0v) is 23.5. The van der Waals surface area contributed by atoms with E-state index in [4.69, 9.17) is 10.2 Å². The smallest absolute Gasteiger partial charge is 0.0662 e. The van der Waals surface area contributed by atoms with E-state index in [-0.39, 0.29) is 13.2 Å². The highest BCUT2D eigenvalue weighted by molar-refractivity contribution is 4.53. The summed E-state index contributed by atoms with van der Waals surface area (Å²) < 4.78 is 0. The molecule has 3 rings (SSSR count). The highest BCUT2D eigenvalue weighted by Crippen LogP contribution is 2.17. The van der Waals surface area contributed by atoms with Crippen LogP contribution in [0.15, 0.2) is 0 Å². The Kier molecular flexibility index (Phi) is 32.8. The average Bonchev–Trinajstić information content (AvgIpc) is 2.90. The molecule has 3 aliphatic rings. The van der Waals surface area contributed by atoms with Crippen molar-refractivity contribution in [2.75, 3.05) is 13.2 Å². The average molecular weight is 483 g/mol. The van der Waals surface area contributed by atoms with Gasteiger partial charge in [0, 0.05) is 0 Å². The van der Waals surface area contributed by atoms with Crippen LogP contribution in [0.4, 0.5) is 0 Å². The first-order valence-electron chi connectivity index (χ1n) is 16.1. The molecule has 3 aliphatic carbocycles. The predicted molar refractivity (Wildman–Crippen MR) is 153 cm³/mol. The Morgan fingerprint density at radius 1 is 0.176 bits per heavy atom. The summed E-state index contributed by atoms with van der Waals surface area (Å²) in [5.41, 5.74) is 0. The van der Waals surface area contributed by atoms with Crippen molar-refractivity contribution in [3.63, 3.8) is 0 Å². The van der Waals surface area contributed by atoms with Crippen molar-refractivity contribution in [1.82, 2.24) is 0 Å². The molecule has 0 spiro atoms. The third kappa shape index (κ3) is 31.9. The van der Waals surface area contributed by atoms with Crippen LogP contribution in [-0.2, 0) is 0 Å². The van der Waals surface area contributed by atoms with Gasteiger partial charge in [-0.2, -0.15) is 0 Å². The molecule has 0 heterocycles. The Morgan fingerprint density at radius 3 is 0.265 bits per heavy atom. The maximum absolute atomic E-state index is 7.62. The molecule has 0 aliphatic heterocycles. The minimum Gasteiger partial charge on any atom is -0.394 e. The van der Waals surface area contributed by atoms with E-state index in [2.05, 4.69) is 0 Å². The third-order valence-corrected chi connectivity index (χ3v) is 7.60. The lowest BCUT2D eigenvalue weighted by molar-refractivity contribution is 0.186. The standard InChI is InChI=1S/3C10H20.C2H6O2/c3*1-2-4-6-8-10-9-7-5-3-1;3-1-2-4/h3*1-10H2;3-4H,1-2H2. The maximum Gasteiger partial charge on any atom is 0.0662 e. The van der Waals surface area contributed by atoms with Crippen LogP contribution < -0.4 is 0 Å². The normalized spacial score (nSPS) is 22.1. The molecule has 2 N–H and O–H groups in total. The fraction of sp³-hybridized carbons (Fsp3) is 1.00. The molecule has 34 heavy (non-hydrogen) atoms. The van der Waals surface area contributed by atoms with Gasteiger partial charge in [-0.3, -0.25) is 0 Å². The second-order valence-electron chi connectivity index (χ2n) is 11.1. The molecule has 0 atom stereocenters. The molecule has 0 aromatic rings. The van der Waals surface area contributed by atoms with Gasteiger partial charge in [0.15, 0.2) is 0 Å². The zero-order chi connectivity index (χ0) is 24.6. The lowest BCUT2D eigenvalue weighted by Gasteiger charge is -2.05. The highest BCUT2D eigenvalue weighted by atomic mass is 16.3. The van der Waals surface area contributed by atoms with Gasteiger partial charge >= 0.3 is 0 Å². The fourth-order valence-electron chi connectivity index (χ4n) is 5.30. The van der Waals surface area contributed by atoms with Crippen LogP contribution in [0.5, 0.6) is 0 Å². The Hall–Kier alpha value is -0.0800. The van der Waals surface area contributed by atoms with Crippen molar-refractivity contribution >= 4 is 0 Å². The first-order valence-corrected chi connectivity index (χ1v) is 16.1. The van der Waals surface area contributed by atoms with Gasteiger partial charge in [0.2, 0.25) is 0 Å². The number of aliphatic hydroxyl groups is 2. The summed E-state index contributed by atoms with van der Waals surface area (Å²) in [5, 5.41) is 15.2. The summed E-state index contributed by atoms with van der Waals surface area (Å²) in [6.45, 7) is -0.250. The molecule has 0 unspecified atom stereocenters. The highest BCUT2D eigenvalue weighted by Gasteiger charge is 1.97. The molecule has 3 saturated carbocycles. The van der Waals surface area contributed by atoms with E-state index in [9.17, 15) is 0 Å². The minimum atomic E-state index is -0.125. The van der Waals surface area contributed by atoms with E-state index >= 15 is 0 Å². The Labute approximate surface area is 216 Å². The molecule has 0 radical (unpaired) electrons. The van der Waals surface area contributed by atoms with Gasteiger partial charge in [-0.25, -0.2) is 0 Å². The largest absolute Gasteiger partial charge is 0.394 e. The molecular formula is C32H66O2. The number of hydrogen-bond donors (Lipinski definition) is 2. The lowest BCUT2D eigenvalue weighted by atomic mass is 10.0. The molecule has 3 fully saturated rings. The van der Waals surface area contributed by atoms with Crippen molar-refractivity contribution in [2.24, 2.45) is 0 Å². The van der Waals surface area contributed by atoms with Crippen LogP contribution in [0.25, 0.3) is 0 Å². The van der Waals surface area contributed by atoms with E-state index < -0.39 is 0 Å². The van der Waals surface area contributed by atoms with Gasteiger partial charge in [-0.05, 0) is 0 Å². The topological polar surface area (TPSA) is 40.5 Å². The second-order valence-corrected chi connectivity index (χ2v) is 11.1. The van der Waals surface area contributed by atoms with Crippen molar-refractivity contribution in [1.29, 1.82) is 0 Å². The van der Waals surface area contributed by atoms with Gasteiger partial charge in [-0.15, -0.1) is 0 Å². The molecule has 0 aromatic heterocycles. The third-order valence-electron chi connectivity index (χ3n) is 7.60. The van der Waals surface area contributed by atoms with Gasteiger partial charge < -0.3 is 10.2 Å². The monoisotopic (exact) mass is 483 g/mol. The molecule has 2 heteroatoms. The number of aliphatic hydroxyl groups excluding tert-OH is 2. The van der Waals surface area contributed by atoms with Gasteiger partial charge in [0.25, 0.3) is 0 Å². The van der Waals surface area contributed by atoms with E-state index in [1.807, 2.05) is 0 Å². The van der Waals surface area contributed by atoms with Crippen LogP contribution in [-0.4, -0.2) is 23.4 Å². The summed E-state index contributed by atoms with van der Waals surface area (Å²) in [4.78, 5) is 0. The molecule has 0 aromatic carbocycles. The van der Waals surface area contributed by atoms with Crippen molar-refractivity contribution in [3.05, 3.63) is 0 Å². The zero-order valence-electron chi connectivity index (χ0n) is 23.5. The summed E-state index contributed by atoms with van der Waals surface area (Å²) in [5.74, 6) is 0. The number of rotatable bonds is 1. The van der Waals surface area contributed by atoms with Gasteiger partial charge in [0.05, 0.1) is 13.2 Å². The first-order chi connectivity index (χ1) is 16.9. The van der Waals surface area contributed by atoms with Crippen molar-refractivity contribution in [3.8, 4) is 0 Å². The summed E-state index contributed by atoms with van der Waals surface area (Å²) in [6.07, 6.45) is 45.0. The molecule has 0 saturated heterocycles. The molecule has 0 bridgehead atoms. The van der Waals surface area contributed by atoms with Crippen LogP contribution in [0.3, 0.4) is 0 Å². The van der Waals surface area contributed by atoms with Gasteiger partial charge in [0.1, 0.15) is 0 Å². The maximum atomic E-state index is 7.62. The lowest BCUT2D eigenvalue weighted by Crippen LogP contribution is -1.85. The Balaban J connectivity index is 0.000000445. The van der Waals surface area contributed by atoms with E-state index in [1.54, 1.807) is 0 Å². The Bertz CT molecular complexity index is 182. The molecule has 206 valence electrons. The van der Waals surface area contributed by atoms with Crippen molar-refractivity contribution in [2.45, 2.75) is 193 Å². The number of hydrogen-bond acceptors (Lipinski definition) is 2.